The average molecular weight is 394 g/mol. The minimum absolute atomic E-state index is 0.0708. The van der Waals surface area contributed by atoms with Crippen molar-refractivity contribution in [3.63, 3.8) is 0 Å². The Bertz CT molecular complexity index is 1010. The number of hydrogen-bond acceptors (Lipinski definition) is 4. The van der Waals surface area contributed by atoms with Crippen molar-refractivity contribution in [2.75, 3.05) is 4.72 Å². The second kappa shape index (κ2) is 7.00. The lowest BCUT2D eigenvalue weighted by atomic mass is 10.1. The third-order valence-corrected chi connectivity index (χ3v) is 5.39. The Morgan fingerprint density at radius 2 is 1.56 bits per heavy atom. The van der Waals surface area contributed by atoms with E-state index in [1.165, 1.54) is 30.6 Å². The molecule has 8 heteroatoms. The quantitative estimate of drug-likeness (QED) is 0.659. The van der Waals surface area contributed by atoms with Gasteiger partial charge in [0.2, 0.25) is 0 Å². The van der Waals surface area contributed by atoms with E-state index in [2.05, 4.69) is 14.7 Å². The molecule has 0 unspecified atom stereocenters. The molecule has 0 amide bonds. The fraction of sp³-hybridized carbons (Fsp3) is 0.0588. The van der Waals surface area contributed by atoms with Crippen molar-refractivity contribution >= 4 is 39.0 Å². The number of halogens is 2. The van der Waals surface area contributed by atoms with Gasteiger partial charge in [-0.3, -0.25) is 4.72 Å². The molecule has 25 heavy (non-hydrogen) atoms. The average Bonchev–Trinajstić information content (AvgIpc) is 2.56. The maximum absolute atomic E-state index is 12.6. The monoisotopic (exact) mass is 393 g/mol. The Balaban J connectivity index is 2.05. The van der Waals surface area contributed by atoms with Crippen LogP contribution in [0.25, 0.3) is 11.1 Å². The predicted molar refractivity (Wildman–Crippen MR) is 99.5 cm³/mol. The first-order valence-corrected chi connectivity index (χ1v) is 9.46. The number of nitrogens with zero attached hydrogens (tertiary/aromatic N) is 2. The van der Waals surface area contributed by atoms with Crippen LogP contribution in [0, 0.1) is 6.92 Å². The van der Waals surface area contributed by atoms with E-state index < -0.39 is 10.0 Å². The van der Waals surface area contributed by atoms with E-state index in [4.69, 9.17) is 23.2 Å². The van der Waals surface area contributed by atoms with Gasteiger partial charge in [-0.1, -0.05) is 53.0 Å². The van der Waals surface area contributed by atoms with Crippen LogP contribution in [-0.2, 0) is 10.0 Å². The third-order valence-electron chi connectivity index (χ3n) is 3.50. The summed E-state index contributed by atoms with van der Waals surface area (Å²) in [5.41, 5.74) is 2.20. The Kier molecular flexibility index (Phi) is 4.94. The molecule has 1 aromatic heterocycles. The summed E-state index contributed by atoms with van der Waals surface area (Å²) in [6, 6.07) is 13.3. The molecule has 1 heterocycles. The molecule has 1 N–H and O–H groups in total. The lowest BCUT2D eigenvalue weighted by Gasteiger charge is -2.13. The van der Waals surface area contributed by atoms with Gasteiger partial charge in [0.05, 0.1) is 10.5 Å². The van der Waals surface area contributed by atoms with Gasteiger partial charge >= 0.3 is 0 Å². The molecule has 0 spiro atoms. The largest absolute Gasteiger partial charge is 0.263 e. The van der Waals surface area contributed by atoms with Gasteiger partial charge < -0.3 is 0 Å². The van der Waals surface area contributed by atoms with E-state index >= 15 is 0 Å². The van der Waals surface area contributed by atoms with Crippen LogP contribution < -0.4 is 4.72 Å². The molecule has 0 aliphatic heterocycles. The smallest absolute Gasteiger partial charge is 0.263 e. The lowest BCUT2D eigenvalue weighted by molar-refractivity contribution is 0.601. The van der Waals surface area contributed by atoms with E-state index in [1.807, 2.05) is 31.2 Å². The van der Waals surface area contributed by atoms with Crippen LogP contribution in [-0.4, -0.2) is 18.4 Å². The zero-order chi connectivity index (χ0) is 18.0. The molecular formula is C17H13Cl2N3O2S. The van der Waals surface area contributed by atoms with Crippen LogP contribution in [0.3, 0.4) is 0 Å². The molecule has 128 valence electrons. The zero-order valence-corrected chi connectivity index (χ0v) is 15.4. The fourth-order valence-corrected chi connectivity index (χ4v) is 3.61. The molecule has 0 saturated heterocycles. The van der Waals surface area contributed by atoms with Gasteiger partial charge in [-0.2, -0.15) is 0 Å². The van der Waals surface area contributed by atoms with Gasteiger partial charge in [-0.15, -0.1) is 0 Å². The van der Waals surface area contributed by atoms with Gasteiger partial charge in [-0.05, 0) is 36.8 Å². The molecule has 0 saturated carbocycles. The predicted octanol–water partition coefficient (Wildman–Crippen LogP) is 4.56. The summed E-state index contributed by atoms with van der Waals surface area (Å²) >= 11 is 12.0. The van der Waals surface area contributed by atoms with Crippen LogP contribution in [0.15, 0.2) is 59.8 Å². The normalized spacial score (nSPS) is 11.3. The maximum atomic E-state index is 12.6. The van der Waals surface area contributed by atoms with Gasteiger partial charge in [0.15, 0.2) is 5.82 Å². The van der Waals surface area contributed by atoms with Gasteiger partial charge in [-0.25, -0.2) is 18.4 Å². The number of benzene rings is 2. The second-order valence-electron chi connectivity index (χ2n) is 5.31. The highest BCUT2D eigenvalue weighted by molar-refractivity contribution is 7.92. The minimum atomic E-state index is -3.84. The van der Waals surface area contributed by atoms with Crippen LogP contribution in [0.1, 0.15) is 5.56 Å². The van der Waals surface area contributed by atoms with Crippen molar-refractivity contribution < 1.29 is 8.42 Å². The molecule has 0 radical (unpaired) electrons. The number of hydrogen-bond donors (Lipinski definition) is 1. The van der Waals surface area contributed by atoms with Crippen molar-refractivity contribution in [2.24, 2.45) is 0 Å². The summed E-state index contributed by atoms with van der Waals surface area (Å²) < 4.78 is 27.7. The fourth-order valence-electron chi connectivity index (χ4n) is 2.22. The Hall–Kier alpha value is -2.15. The summed E-state index contributed by atoms with van der Waals surface area (Å²) in [5, 5.41) is 0.608. The highest BCUT2D eigenvalue weighted by Crippen LogP contribution is 2.33. The molecule has 2 aromatic carbocycles. The van der Waals surface area contributed by atoms with Crippen LogP contribution in [0.2, 0.25) is 10.2 Å². The summed E-state index contributed by atoms with van der Waals surface area (Å²) in [6.45, 7) is 1.96. The van der Waals surface area contributed by atoms with Crippen molar-refractivity contribution in [1.82, 2.24) is 9.97 Å². The summed E-state index contributed by atoms with van der Waals surface area (Å²) in [7, 11) is -3.84. The van der Waals surface area contributed by atoms with Gasteiger partial charge in [0, 0.05) is 5.02 Å². The molecule has 0 aliphatic rings. The van der Waals surface area contributed by atoms with Crippen LogP contribution >= 0.6 is 23.2 Å². The maximum Gasteiger partial charge on any atom is 0.263 e. The summed E-state index contributed by atoms with van der Waals surface area (Å²) in [5.74, 6) is 0.110. The lowest BCUT2D eigenvalue weighted by Crippen LogP contribution is -2.15. The summed E-state index contributed by atoms with van der Waals surface area (Å²) in [4.78, 5) is 8.08. The van der Waals surface area contributed by atoms with Crippen molar-refractivity contribution in [1.29, 1.82) is 0 Å². The second-order valence-corrected chi connectivity index (χ2v) is 7.79. The Morgan fingerprint density at radius 3 is 2.20 bits per heavy atom. The molecule has 5 nitrogen and oxygen atoms in total. The standard InChI is InChI=1S/C17H13Cl2N3O2S/c1-11-2-4-12(5-3-11)15-16(19)20-10-21-17(15)22-25(23,24)14-8-6-13(18)7-9-14/h2-10H,1H3,(H,20,21,22). The number of rotatable bonds is 4. The van der Waals surface area contributed by atoms with E-state index in [0.29, 0.717) is 16.1 Å². The highest BCUT2D eigenvalue weighted by atomic mass is 35.5. The van der Waals surface area contributed by atoms with E-state index in [9.17, 15) is 8.42 Å². The molecule has 0 bridgehead atoms. The van der Waals surface area contributed by atoms with Crippen molar-refractivity contribution in [3.8, 4) is 11.1 Å². The number of sulfonamides is 1. The molecule has 0 aliphatic carbocycles. The third kappa shape index (κ3) is 3.92. The highest BCUT2D eigenvalue weighted by Gasteiger charge is 2.20. The molecule has 0 fully saturated rings. The molecule has 3 rings (SSSR count). The van der Waals surface area contributed by atoms with E-state index in [-0.39, 0.29) is 15.9 Å². The Labute approximate surface area is 155 Å². The number of nitrogens with one attached hydrogen (secondary N) is 1. The summed E-state index contributed by atoms with van der Waals surface area (Å²) in [6.07, 6.45) is 1.21. The molecular weight excluding hydrogens is 381 g/mol. The molecule has 0 atom stereocenters. The topological polar surface area (TPSA) is 72.0 Å². The first-order chi connectivity index (χ1) is 11.9. The number of aryl methyl sites for hydroxylation is 1. The SMILES string of the molecule is Cc1ccc(-c2c(Cl)ncnc2NS(=O)(=O)c2ccc(Cl)cc2)cc1. The number of anilines is 1. The van der Waals surface area contributed by atoms with Crippen molar-refractivity contribution in [3.05, 3.63) is 70.6 Å². The minimum Gasteiger partial charge on any atom is -0.263 e. The number of aromatic nitrogens is 2. The zero-order valence-electron chi connectivity index (χ0n) is 13.1. The van der Waals surface area contributed by atoms with Crippen molar-refractivity contribution in [2.45, 2.75) is 11.8 Å². The first-order valence-electron chi connectivity index (χ1n) is 7.23. The van der Waals surface area contributed by atoms with E-state index in [0.717, 1.165) is 5.56 Å². The van der Waals surface area contributed by atoms with Gasteiger partial charge in [0.25, 0.3) is 10.0 Å². The van der Waals surface area contributed by atoms with Crippen LogP contribution in [0.4, 0.5) is 5.82 Å². The van der Waals surface area contributed by atoms with Crippen LogP contribution in [0.5, 0.6) is 0 Å². The Morgan fingerprint density at radius 1 is 0.920 bits per heavy atom. The first kappa shape index (κ1) is 17.7. The van der Waals surface area contributed by atoms with Gasteiger partial charge in [0.1, 0.15) is 11.5 Å². The molecule has 3 aromatic rings. The van der Waals surface area contributed by atoms with E-state index in [1.54, 1.807) is 0 Å².